The van der Waals surface area contributed by atoms with Gasteiger partial charge in [-0.05, 0) is 93.3 Å². The molecule has 0 aromatic heterocycles. The van der Waals surface area contributed by atoms with E-state index in [-0.39, 0.29) is 0 Å². The monoisotopic (exact) mass is 526 g/mol. The van der Waals surface area contributed by atoms with Gasteiger partial charge >= 0.3 is 0 Å². The summed E-state index contributed by atoms with van der Waals surface area (Å²) in [6.07, 6.45) is 0. The lowest BCUT2D eigenvalue weighted by molar-refractivity contribution is 1.21. The van der Waals surface area contributed by atoms with E-state index in [1.54, 1.807) is 0 Å². The zero-order chi connectivity index (χ0) is 27.6. The summed E-state index contributed by atoms with van der Waals surface area (Å²) in [6.45, 7) is 0. The van der Waals surface area contributed by atoms with E-state index in [9.17, 15) is 0 Å². The molecule has 41 heavy (non-hydrogen) atoms. The van der Waals surface area contributed by atoms with Crippen molar-refractivity contribution in [1.82, 2.24) is 0 Å². The van der Waals surface area contributed by atoms with Crippen LogP contribution in [0.15, 0.2) is 164 Å². The molecule has 0 heterocycles. The molecule has 7 aromatic carbocycles. The molecule has 7 aromatic rings. The first-order chi connectivity index (χ1) is 20.2. The molecule has 2 heteroatoms. The van der Waals surface area contributed by atoms with Crippen molar-refractivity contribution in [3.05, 3.63) is 164 Å². The van der Waals surface area contributed by atoms with Crippen LogP contribution < -0.4 is 9.80 Å². The molecule has 0 aliphatic rings. The summed E-state index contributed by atoms with van der Waals surface area (Å²) in [6, 6.07) is 58.6. The van der Waals surface area contributed by atoms with Crippen molar-refractivity contribution in [3.8, 4) is 11.1 Å². The summed E-state index contributed by atoms with van der Waals surface area (Å²) in [5, 5.41) is 4.96. The Morgan fingerprint density at radius 2 is 0.732 bits per heavy atom. The fourth-order valence-electron chi connectivity index (χ4n) is 5.56. The van der Waals surface area contributed by atoms with Crippen LogP contribution in [0.5, 0.6) is 0 Å². The third kappa shape index (κ3) is 4.92. The summed E-state index contributed by atoms with van der Waals surface area (Å²) in [5.41, 5.74) is 8.10. The van der Waals surface area contributed by atoms with Crippen LogP contribution in [0.1, 0.15) is 0 Å². The van der Waals surface area contributed by atoms with Gasteiger partial charge < -0.3 is 9.80 Å². The molecule has 0 spiro atoms. The molecule has 2 nitrogen and oxygen atoms in total. The number of fused-ring (bicyclic) bond motifs is 2. The summed E-state index contributed by atoms with van der Waals surface area (Å²) in [7, 11) is 2.13. The van der Waals surface area contributed by atoms with E-state index in [1.165, 1.54) is 38.4 Å². The minimum Gasteiger partial charge on any atom is -0.345 e. The number of anilines is 5. The molecule has 0 saturated carbocycles. The van der Waals surface area contributed by atoms with Crippen LogP contribution in [0.3, 0.4) is 0 Å². The van der Waals surface area contributed by atoms with Gasteiger partial charge in [-0.25, -0.2) is 0 Å². The lowest BCUT2D eigenvalue weighted by atomic mass is 10.0. The van der Waals surface area contributed by atoms with Gasteiger partial charge in [0.1, 0.15) is 0 Å². The Morgan fingerprint density at radius 3 is 1.34 bits per heavy atom. The van der Waals surface area contributed by atoms with Crippen LogP contribution in [0, 0.1) is 0 Å². The van der Waals surface area contributed by atoms with Crippen molar-refractivity contribution in [1.29, 1.82) is 0 Å². The molecule has 0 N–H and O–H groups in total. The average Bonchev–Trinajstić information content (AvgIpc) is 3.05. The minimum atomic E-state index is 1.11. The molecule has 0 radical (unpaired) electrons. The molecular weight excluding hydrogens is 496 g/mol. The Hall–Kier alpha value is -5.34. The molecule has 0 bridgehead atoms. The first kappa shape index (κ1) is 24.7. The smallest absolute Gasteiger partial charge is 0.0468 e. The molecule has 0 atom stereocenters. The van der Waals surface area contributed by atoms with Gasteiger partial charge in [0.2, 0.25) is 0 Å². The Balaban J connectivity index is 1.26. The highest BCUT2D eigenvalue weighted by Gasteiger charge is 2.14. The maximum absolute atomic E-state index is 2.33. The first-order valence-corrected chi connectivity index (χ1v) is 14.0. The highest BCUT2D eigenvalue weighted by Crippen LogP contribution is 2.38. The topological polar surface area (TPSA) is 6.48 Å². The zero-order valence-electron chi connectivity index (χ0n) is 23.0. The van der Waals surface area contributed by atoms with E-state index in [1.807, 2.05) is 0 Å². The Morgan fingerprint density at radius 1 is 0.317 bits per heavy atom. The van der Waals surface area contributed by atoms with Gasteiger partial charge in [-0.15, -0.1) is 0 Å². The standard InChI is InChI=1S/C39H30N2/c1-40(38-21-17-30-11-5-7-13-33(30)27-38)35-23-25-37(26-24-35)41(39-22-18-31-12-6-8-14-34(31)28-39)36-19-15-32(16-20-36)29-9-3-2-4-10-29/h2-28H,1H3. The molecular formula is C39H30N2. The Bertz CT molecular complexity index is 1940. The van der Waals surface area contributed by atoms with Gasteiger partial charge in [-0.3, -0.25) is 0 Å². The second kappa shape index (κ2) is 10.7. The van der Waals surface area contributed by atoms with Crippen molar-refractivity contribution in [2.24, 2.45) is 0 Å². The van der Waals surface area contributed by atoms with Crippen molar-refractivity contribution < 1.29 is 0 Å². The highest BCUT2D eigenvalue weighted by molar-refractivity contribution is 5.90. The zero-order valence-corrected chi connectivity index (χ0v) is 23.0. The molecule has 0 unspecified atom stereocenters. The van der Waals surface area contributed by atoms with Crippen LogP contribution in [-0.4, -0.2) is 7.05 Å². The maximum Gasteiger partial charge on any atom is 0.0468 e. The number of hydrogen-bond donors (Lipinski definition) is 0. The maximum atomic E-state index is 2.33. The molecule has 196 valence electrons. The SMILES string of the molecule is CN(c1ccc(N(c2ccc(-c3ccccc3)cc2)c2ccc3ccccc3c2)cc1)c1ccc2ccccc2c1. The highest BCUT2D eigenvalue weighted by atomic mass is 15.1. The molecule has 0 aliphatic carbocycles. The third-order valence-corrected chi connectivity index (χ3v) is 7.84. The van der Waals surface area contributed by atoms with E-state index in [2.05, 4.69) is 181 Å². The fourth-order valence-corrected chi connectivity index (χ4v) is 5.56. The van der Waals surface area contributed by atoms with E-state index in [4.69, 9.17) is 0 Å². The molecule has 0 amide bonds. The first-order valence-electron chi connectivity index (χ1n) is 14.0. The number of benzene rings is 7. The number of nitrogens with zero attached hydrogens (tertiary/aromatic N) is 2. The summed E-state index contributed by atoms with van der Waals surface area (Å²) in [4.78, 5) is 4.58. The van der Waals surface area contributed by atoms with Gasteiger partial charge in [-0.1, -0.05) is 103 Å². The largest absolute Gasteiger partial charge is 0.345 e. The minimum absolute atomic E-state index is 1.11. The van der Waals surface area contributed by atoms with Gasteiger partial charge in [0, 0.05) is 35.5 Å². The van der Waals surface area contributed by atoms with Gasteiger partial charge in [0.05, 0.1) is 0 Å². The predicted molar refractivity (Wildman–Crippen MR) is 176 cm³/mol. The lowest BCUT2D eigenvalue weighted by Gasteiger charge is -2.27. The van der Waals surface area contributed by atoms with E-state index < -0.39 is 0 Å². The van der Waals surface area contributed by atoms with Gasteiger partial charge in [-0.2, -0.15) is 0 Å². The Labute approximate surface area is 241 Å². The fraction of sp³-hybridized carbons (Fsp3) is 0.0256. The average molecular weight is 527 g/mol. The number of rotatable bonds is 6. The molecule has 0 saturated heterocycles. The lowest BCUT2D eigenvalue weighted by Crippen LogP contribution is -2.12. The van der Waals surface area contributed by atoms with Crippen molar-refractivity contribution in [2.75, 3.05) is 16.8 Å². The van der Waals surface area contributed by atoms with Crippen LogP contribution in [0.2, 0.25) is 0 Å². The van der Waals surface area contributed by atoms with E-state index >= 15 is 0 Å². The van der Waals surface area contributed by atoms with Crippen LogP contribution in [0.4, 0.5) is 28.4 Å². The van der Waals surface area contributed by atoms with Crippen LogP contribution >= 0.6 is 0 Å². The molecule has 0 fully saturated rings. The second-order valence-corrected chi connectivity index (χ2v) is 10.4. The second-order valence-electron chi connectivity index (χ2n) is 10.4. The normalized spacial score (nSPS) is 11.0. The summed E-state index contributed by atoms with van der Waals surface area (Å²) in [5.74, 6) is 0. The summed E-state index contributed by atoms with van der Waals surface area (Å²) >= 11 is 0. The predicted octanol–water partition coefficient (Wildman–Crippen LogP) is 10.9. The third-order valence-electron chi connectivity index (χ3n) is 7.84. The van der Waals surface area contributed by atoms with Crippen LogP contribution in [-0.2, 0) is 0 Å². The summed E-state index contributed by atoms with van der Waals surface area (Å²) < 4.78 is 0. The molecule has 7 rings (SSSR count). The Kier molecular flexibility index (Phi) is 6.42. The van der Waals surface area contributed by atoms with Crippen molar-refractivity contribution in [3.63, 3.8) is 0 Å². The van der Waals surface area contributed by atoms with Crippen molar-refractivity contribution in [2.45, 2.75) is 0 Å². The van der Waals surface area contributed by atoms with Crippen LogP contribution in [0.25, 0.3) is 32.7 Å². The van der Waals surface area contributed by atoms with Gasteiger partial charge in [0.25, 0.3) is 0 Å². The van der Waals surface area contributed by atoms with E-state index in [0.29, 0.717) is 0 Å². The van der Waals surface area contributed by atoms with E-state index in [0.717, 1.165) is 22.7 Å². The number of hydrogen-bond acceptors (Lipinski definition) is 2. The van der Waals surface area contributed by atoms with Crippen molar-refractivity contribution >= 4 is 50.0 Å². The van der Waals surface area contributed by atoms with Gasteiger partial charge in [0.15, 0.2) is 0 Å². The quantitative estimate of drug-likeness (QED) is 0.213. The molecule has 0 aliphatic heterocycles.